The molecule has 2 N–H and O–H groups in total. The minimum Gasteiger partial charge on any atom is -0.490 e. The van der Waals surface area contributed by atoms with Crippen LogP contribution >= 0.6 is 24.0 Å². The molecule has 1 saturated heterocycles. The molecular weight excluding hydrogens is 489 g/mol. The van der Waals surface area contributed by atoms with E-state index in [1.807, 2.05) is 48.5 Å². The molecule has 0 amide bonds. The zero-order valence-electron chi connectivity index (χ0n) is 17.4. The smallest absolute Gasteiger partial charge is 0.193 e. The molecule has 6 nitrogen and oxygen atoms in total. The van der Waals surface area contributed by atoms with E-state index in [-0.39, 0.29) is 30.1 Å². The fourth-order valence-electron chi connectivity index (χ4n) is 3.69. The summed E-state index contributed by atoms with van der Waals surface area (Å²) in [7, 11) is 0. The Morgan fingerprint density at radius 3 is 2.60 bits per heavy atom. The maximum absolute atomic E-state index is 6.11. The van der Waals surface area contributed by atoms with Crippen LogP contribution in [0.1, 0.15) is 25.6 Å². The summed E-state index contributed by atoms with van der Waals surface area (Å²) < 4.78 is 6.11. The van der Waals surface area contributed by atoms with Gasteiger partial charge in [-0.15, -0.1) is 24.0 Å². The maximum Gasteiger partial charge on any atom is 0.193 e. The predicted octanol–water partition coefficient (Wildman–Crippen LogP) is 4.23. The molecule has 4 rings (SSSR count). The molecule has 0 saturated carbocycles. The van der Waals surface area contributed by atoms with Crippen molar-refractivity contribution in [1.82, 2.24) is 20.2 Å². The molecule has 7 heteroatoms. The lowest BCUT2D eigenvalue weighted by Gasteiger charge is -2.34. The van der Waals surface area contributed by atoms with Gasteiger partial charge in [-0.1, -0.05) is 30.3 Å². The van der Waals surface area contributed by atoms with Gasteiger partial charge in [0.15, 0.2) is 5.96 Å². The Morgan fingerprint density at radius 2 is 1.87 bits per heavy atom. The van der Waals surface area contributed by atoms with Gasteiger partial charge in [0, 0.05) is 45.4 Å². The number of para-hydroxylation sites is 3. The first-order valence-electron chi connectivity index (χ1n) is 10.5. The summed E-state index contributed by atoms with van der Waals surface area (Å²) in [6.45, 7) is 5.59. The van der Waals surface area contributed by atoms with E-state index < -0.39 is 0 Å². The lowest BCUT2D eigenvalue weighted by molar-refractivity contribution is 0.129. The highest BCUT2D eigenvalue weighted by atomic mass is 127. The summed E-state index contributed by atoms with van der Waals surface area (Å²) in [5, 5.41) is 3.43. The number of imidazole rings is 1. The molecule has 30 heavy (non-hydrogen) atoms. The Kier molecular flexibility index (Phi) is 8.36. The number of benzene rings is 2. The number of guanidine groups is 1. The zero-order valence-corrected chi connectivity index (χ0v) is 19.7. The first kappa shape index (κ1) is 22.4. The number of fused-ring (bicyclic) bond motifs is 1. The second kappa shape index (κ2) is 11.2. The monoisotopic (exact) mass is 519 g/mol. The molecule has 0 spiro atoms. The van der Waals surface area contributed by atoms with Crippen molar-refractivity contribution < 1.29 is 4.74 Å². The van der Waals surface area contributed by atoms with Gasteiger partial charge in [0.1, 0.15) is 17.7 Å². The highest BCUT2D eigenvalue weighted by Crippen LogP contribution is 2.18. The summed E-state index contributed by atoms with van der Waals surface area (Å²) in [4.78, 5) is 15.2. The van der Waals surface area contributed by atoms with Crippen molar-refractivity contribution in [2.75, 3.05) is 26.2 Å². The van der Waals surface area contributed by atoms with Crippen molar-refractivity contribution in [2.45, 2.75) is 32.3 Å². The molecule has 3 aromatic rings. The quantitative estimate of drug-likeness (QED) is 0.291. The number of hydrogen-bond donors (Lipinski definition) is 2. The van der Waals surface area contributed by atoms with Crippen molar-refractivity contribution in [3.8, 4) is 5.75 Å². The fourth-order valence-corrected chi connectivity index (χ4v) is 3.69. The molecule has 0 atom stereocenters. The second-order valence-electron chi connectivity index (χ2n) is 7.30. The van der Waals surface area contributed by atoms with Crippen LogP contribution in [0.4, 0.5) is 0 Å². The number of hydrogen-bond acceptors (Lipinski definition) is 3. The Labute approximate surface area is 195 Å². The number of H-pyrrole nitrogens is 1. The van der Waals surface area contributed by atoms with Crippen LogP contribution in [0.15, 0.2) is 59.6 Å². The molecule has 2 heterocycles. The van der Waals surface area contributed by atoms with Crippen LogP contribution in [0.25, 0.3) is 11.0 Å². The number of rotatable bonds is 6. The first-order valence-corrected chi connectivity index (χ1v) is 10.5. The molecule has 0 radical (unpaired) electrons. The van der Waals surface area contributed by atoms with E-state index >= 15 is 0 Å². The second-order valence-corrected chi connectivity index (χ2v) is 7.30. The number of nitrogens with one attached hydrogen (secondary N) is 2. The Morgan fingerprint density at radius 1 is 1.13 bits per heavy atom. The van der Waals surface area contributed by atoms with Gasteiger partial charge in [-0.2, -0.15) is 0 Å². The number of likely N-dealkylation sites (tertiary alicyclic amines) is 1. The predicted molar refractivity (Wildman–Crippen MR) is 133 cm³/mol. The minimum atomic E-state index is 0. The van der Waals surface area contributed by atoms with E-state index in [1.165, 1.54) is 0 Å². The van der Waals surface area contributed by atoms with Crippen molar-refractivity contribution in [1.29, 1.82) is 0 Å². The number of ether oxygens (including phenoxy) is 1. The van der Waals surface area contributed by atoms with Gasteiger partial charge in [0.25, 0.3) is 0 Å². The molecule has 160 valence electrons. The summed E-state index contributed by atoms with van der Waals surface area (Å²) in [6, 6.07) is 18.2. The highest BCUT2D eigenvalue weighted by molar-refractivity contribution is 14.0. The van der Waals surface area contributed by atoms with Crippen LogP contribution in [0.2, 0.25) is 0 Å². The molecule has 2 aromatic carbocycles. The van der Waals surface area contributed by atoms with Crippen LogP contribution < -0.4 is 10.1 Å². The third-order valence-corrected chi connectivity index (χ3v) is 5.17. The van der Waals surface area contributed by atoms with E-state index in [0.29, 0.717) is 6.54 Å². The van der Waals surface area contributed by atoms with Gasteiger partial charge in [0.05, 0.1) is 11.0 Å². The van der Waals surface area contributed by atoms with Crippen LogP contribution in [0.5, 0.6) is 5.75 Å². The zero-order chi connectivity index (χ0) is 19.9. The first-order chi connectivity index (χ1) is 14.3. The molecule has 0 aliphatic carbocycles. The summed E-state index contributed by atoms with van der Waals surface area (Å²) in [5.41, 5.74) is 2.10. The number of piperidine rings is 1. The lowest BCUT2D eigenvalue weighted by Crippen LogP contribution is -2.47. The molecule has 1 aromatic heterocycles. The number of nitrogens with zero attached hydrogens (tertiary/aromatic N) is 3. The minimum absolute atomic E-state index is 0. The van der Waals surface area contributed by atoms with E-state index in [0.717, 1.165) is 67.5 Å². The van der Waals surface area contributed by atoms with Gasteiger partial charge in [-0.05, 0) is 31.2 Å². The summed E-state index contributed by atoms with van der Waals surface area (Å²) in [6.07, 6.45) is 3.08. The van der Waals surface area contributed by atoms with Crippen LogP contribution in [-0.4, -0.2) is 53.1 Å². The van der Waals surface area contributed by atoms with Gasteiger partial charge < -0.3 is 19.9 Å². The van der Waals surface area contributed by atoms with Crippen molar-refractivity contribution in [2.24, 2.45) is 4.99 Å². The van der Waals surface area contributed by atoms with E-state index in [1.54, 1.807) is 0 Å². The third-order valence-electron chi connectivity index (χ3n) is 5.17. The normalized spacial score (nSPS) is 15.1. The number of aliphatic imine (C=N–C) groups is 1. The van der Waals surface area contributed by atoms with E-state index in [4.69, 9.17) is 9.73 Å². The van der Waals surface area contributed by atoms with E-state index in [9.17, 15) is 0 Å². The lowest BCUT2D eigenvalue weighted by atomic mass is 10.1. The molecule has 1 aliphatic heterocycles. The van der Waals surface area contributed by atoms with Gasteiger partial charge in [-0.3, -0.25) is 4.99 Å². The maximum atomic E-state index is 6.11. The molecular formula is C23H30IN5O. The molecule has 1 aliphatic rings. The highest BCUT2D eigenvalue weighted by Gasteiger charge is 2.22. The molecule has 1 fully saturated rings. The van der Waals surface area contributed by atoms with Crippen molar-refractivity contribution in [3.05, 3.63) is 60.4 Å². The van der Waals surface area contributed by atoms with Crippen molar-refractivity contribution >= 4 is 41.0 Å². The third kappa shape index (κ3) is 5.87. The molecule has 0 unspecified atom stereocenters. The Hall–Kier alpha value is -2.29. The molecule has 0 bridgehead atoms. The largest absolute Gasteiger partial charge is 0.490 e. The van der Waals surface area contributed by atoms with Gasteiger partial charge in [-0.25, -0.2) is 4.98 Å². The number of aromatic amines is 1. The van der Waals surface area contributed by atoms with Gasteiger partial charge >= 0.3 is 0 Å². The number of halogens is 1. The Bertz CT molecular complexity index is 902. The van der Waals surface area contributed by atoms with Crippen LogP contribution in [0.3, 0.4) is 0 Å². The summed E-state index contributed by atoms with van der Waals surface area (Å²) in [5.74, 6) is 2.93. The fraction of sp³-hybridized carbons (Fsp3) is 0.391. The number of aromatic nitrogens is 2. The SMILES string of the molecule is CCNC(=NCCc1nc2ccccc2[nH]1)N1CCC(Oc2ccccc2)CC1.I. The van der Waals surface area contributed by atoms with Crippen LogP contribution in [0, 0.1) is 0 Å². The van der Waals surface area contributed by atoms with E-state index in [2.05, 4.69) is 33.2 Å². The standard InChI is InChI=1S/C23H29N5O.HI/c1-2-24-23(25-15-12-22-26-20-10-6-7-11-21(20)27-22)28-16-13-19(14-17-28)29-18-8-4-3-5-9-18;/h3-11,19H,2,12-17H2,1H3,(H,24,25)(H,26,27);1H. The van der Waals surface area contributed by atoms with Gasteiger partial charge in [0.2, 0.25) is 0 Å². The average molecular weight is 519 g/mol. The average Bonchev–Trinajstić information content (AvgIpc) is 3.17. The van der Waals surface area contributed by atoms with Crippen LogP contribution in [-0.2, 0) is 6.42 Å². The summed E-state index contributed by atoms with van der Waals surface area (Å²) >= 11 is 0. The van der Waals surface area contributed by atoms with Crippen molar-refractivity contribution in [3.63, 3.8) is 0 Å². The Balaban J connectivity index is 0.00000256. The topological polar surface area (TPSA) is 65.5 Å².